The summed E-state index contributed by atoms with van der Waals surface area (Å²) in [5, 5.41) is 11.0. The number of nitrogens with one attached hydrogen (secondary N) is 3. The average Bonchev–Trinajstić information content (AvgIpc) is 3.15. The van der Waals surface area contributed by atoms with Crippen molar-refractivity contribution in [2.45, 2.75) is 52.0 Å². The quantitative estimate of drug-likeness (QED) is 0.566. The van der Waals surface area contributed by atoms with Crippen molar-refractivity contribution in [2.75, 3.05) is 32.7 Å². The molecule has 168 valence electrons. The van der Waals surface area contributed by atoms with Crippen LogP contribution in [-0.4, -0.2) is 55.5 Å². The van der Waals surface area contributed by atoms with E-state index in [-0.39, 0.29) is 18.4 Å². The van der Waals surface area contributed by atoms with Crippen LogP contribution in [0.1, 0.15) is 44.5 Å². The van der Waals surface area contributed by atoms with Gasteiger partial charge in [0, 0.05) is 37.1 Å². The largest absolute Gasteiger partial charge is 0.444 e. The van der Waals surface area contributed by atoms with Gasteiger partial charge in [-0.1, -0.05) is 23.7 Å². The number of nitrogens with two attached hydrogens (primary N) is 1. The van der Waals surface area contributed by atoms with Crippen LogP contribution in [0.15, 0.2) is 18.2 Å². The number of likely N-dealkylation sites (tertiary alicyclic amines) is 1. The Labute approximate surface area is 185 Å². The van der Waals surface area contributed by atoms with Crippen molar-refractivity contribution in [3.63, 3.8) is 0 Å². The lowest BCUT2D eigenvalue weighted by Crippen LogP contribution is -2.61. The van der Waals surface area contributed by atoms with Gasteiger partial charge in [-0.3, -0.25) is 15.5 Å². The number of aryl methyl sites for hydroxylation is 1. The fourth-order valence-electron chi connectivity index (χ4n) is 4.19. The highest BCUT2D eigenvalue weighted by molar-refractivity contribution is 6.31. The molecule has 2 aliphatic heterocycles. The molecule has 5 N–H and O–H groups in total. The van der Waals surface area contributed by atoms with Gasteiger partial charge in [-0.15, -0.1) is 0 Å². The summed E-state index contributed by atoms with van der Waals surface area (Å²) in [6.07, 6.45) is 0.916. The second-order valence-corrected chi connectivity index (χ2v) is 9.90. The molecule has 0 bridgehead atoms. The van der Waals surface area contributed by atoms with E-state index in [1.165, 1.54) is 0 Å². The smallest absolute Gasteiger partial charge is 0.407 e. The highest BCUT2D eigenvalue weighted by atomic mass is 35.5. The fourth-order valence-corrected chi connectivity index (χ4v) is 4.38. The highest BCUT2D eigenvalue weighted by Crippen LogP contribution is 2.27. The van der Waals surface area contributed by atoms with Crippen LogP contribution in [0.5, 0.6) is 0 Å². The topological polar surface area (TPSA) is 91.7 Å². The van der Waals surface area contributed by atoms with Crippen LogP contribution in [0, 0.1) is 18.8 Å². The number of hydrogen-bond acceptors (Lipinski definition) is 6. The van der Waals surface area contributed by atoms with E-state index >= 15 is 0 Å². The molecule has 2 fully saturated rings. The second-order valence-electron chi connectivity index (χ2n) is 9.49. The molecule has 1 amide bonds. The van der Waals surface area contributed by atoms with Gasteiger partial charge in [-0.25, -0.2) is 4.79 Å². The second kappa shape index (κ2) is 9.83. The van der Waals surface area contributed by atoms with Gasteiger partial charge in [-0.05, 0) is 63.8 Å². The number of hydrogen-bond donors (Lipinski definition) is 4. The molecule has 0 spiro atoms. The maximum atomic E-state index is 12.0. The first-order valence-corrected chi connectivity index (χ1v) is 11.2. The molecule has 1 aromatic rings. The van der Waals surface area contributed by atoms with Gasteiger partial charge >= 0.3 is 6.09 Å². The summed E-state index contributed by atoms with van der Waals surface area (Å²) in [4.78, 5) is 14.4. The first-order chi connectivity index (χ1) is 14.2. The Balaban J connectivity index is 1.58. The molecule has 2 heterocycles. The monoisotopic (exact) mass is 437 g/mol. The van der Waals surface area contributed by atoms with E-state index in [0.29, 0.717) is 24.9 Å². The van der Waals surface area contributed by atoms with E-state index in [0.717, 1.165) is 42.2 Å². The number of halogens is 1. The van der Waals surface area contributed by atoms with E-state index < -0.39 is 5.60 Å². The first-order valence-electron chi connectivity index (χ1n) is 10.8. The van der Waals surface area contributed by atoms with Crippen molar-refractivity contribution < 1.29 is 9.53 Å². The minimum atomic E-state index is -0.479. The Hall–Kier alpha value is -1.38. The van der Waals surface area contributed by atoms with Crippen molar-refractivity contribution in [2.24, 2.45) is 17.6 Å². The average molecular weight is 438 g/mol. The number of alkyl carbamates (subject to hydrolysis) is 1. The summed E-state index contributed by atoms with van der Waals surface area (Å²) in [5.74, 6) is 0.722. The number of amides is 1. The standard InChI is InChI=1S/C22H36ClN5O2/c1-14-5-6-16(9-18(14)23)19-25-12-17(10-24)20(27-19)28-8-7-15(13-28)11-26-21(29)30-22(2,3)4/h5-6,9,15,17,19-20,25,27H,7-8,10-13,24H2,1-4H3,(H,26,29). The fraction of sp³-hybridized carbons (Fsp3) is 0.682. The lowest BCUT2D eigenvalue weighted by Gasteiger charge is -2.43. The maximum Gasteiger partial charge on any atom is 0.407 e. The van der Waals surface area contributed by atoms with E-state index in [2.05, 4.69) is 33.0 Å². The normalized spacial score (nSPS) is 27.8. The Morgan fingerprint density at radius 3 is 2.83 bits per heavy atom. The van der Waals surface area contributed by atoms with Crippen molar-refractivity contribution >= 4 is 17.7 Å². The number of carbonyl (C=O) groups excluding carboxylic acids is 1. The van der Waals surface area contributed by atoms with Crippen LogP contribution in [0.3, 0.4) is 0 Å². The summed E-state index contributed by atoms with van der Waals surface area (Å²) in [7, 11) is 0. The van der Waals surface area contributed by atoms with Crippen LogP contribution >= 0.6 is 11.6 Å². The zero-order valence-electron chi connectivity index (χ0n) is 18.5. The Morgan fingerprint density at radius 1 is 1.40 bits per heavy atom. The zero-order chi connectivity index (χ0) is 21.9. The number of nitrogens with zero attached hydrogens (tertiary/aromatic N) is 1. The van der Waals surface area contributed by atoms with Crippen LogP contribution < -0.4 is 21.7 Å². The van der Waals surface area contributed by atoms with Crippen LogP contribution in [-0.2, 0) is 4.74 Å². The predicted octanol–water partition coefficient (Wildman–Crippen LogP) is 2.59. The third-order valence-corrected chi connectivity index (χ3v) is 6.25. The molecule has 3 rings (SSSR count). The minimum Gasteiger partial charge on any atom is -0.444 e. The predicted molar refractivity (Wildman–Crippen MR) is 120 cm³/mol. The Kier molecular flexibility index (Phi) is 7.63. The van der Waals surface area contributed by atoms with Crippen molar-refractivity contribution in [1.82, 2.24) is 20.9 Å². The molecular weight excluding hydrogens is 402 g/mol. The maximum absolute atomic E-state index is 12.0. The molecule has 0 radical (unpaired) electrons. The SMILES string of the molecule is Cc1ccc(C2NCC(CN)C(N3CCC(CNC(=O)OC(C)(C)C)C3)N2)cc1Cl. The van der Waals surface area contributed by atoms with Crippen LogP contribution in [0.25, 0.3) is 0 Å². The molecule has 30 heavy (non-hydrogen) atoms. The van der Waals surface area contributed by atoms with Gasteiger partial charge in [0.1, 0.15) is 5.60 Å². The Bertz CT molecular complexity index is 739. The van der Waals surface area contributed by atoms with Gasteiger partial charge < -0.3 is 15.8 Å². The first kappa shape index (κ1) is 23.3. The number of carbonyl (C=O) groups is 1. The number of rotatable bonds is 5. The lowest BCUT2D eigenvalue weighted by atomic mass is 9.99. The molecule has 2 aliphatic rings. The summed E-state index contributed by atoms with van der Waals surface area (Å²) in [6.45, 7) is 11.6. The molecule has 7 nitrogen and oxygen atoms in total. The molecule has 2 saturated heterocycles. The Morgan fingerprint density at radius 2 is 2.17 bits per heavy atom. The molecule has 4 unspecified atom stereocenters. The summed E-state index contributed by atoms with van der Waals surface area (Å²) < 4.78 is 5.34. The lowest BCUT2D eigenvalue weighted by molar-refractivity contribution is 0.0515. The molecule has 8 heteroatoms. The number of ether oxygens (including phenoxy) is 1. The summed E-state index contributed by atoms with van der Waals surface area (Å²) in [5.41, 5.74) is 7.81. The van der Waals surface area contributed by atoms with Gasteiger partial charge in [0.05, 0.1) is 12.3 Å². The highest BCUT2D eigenvalue weighted by Gasteiger charge is 2.37. The molecule has 4 atom stereocenters. The minimum absolute atomic E-state index is 0.0369. The van der Waals surface area contributed by atoms with Gasteiger partial charge in [0.2, 0.25) is 0 Å². The third kappa shape index (κ3) is 6.08. The zero-order valence-corrected chi connectivity index (χ0v) is 19.3. The van der Waals surface area contributed by atoms with E-state index in [1.807, 2.05) is 33.8 Å². The van der Waals surface area contributed by atoms with E-state index in [4.69, 9.17) is 22.1 Å². The van der Waals surface area contributed by atoms with Crippen molar-refractivity contribution in [3.05, 3.63) is 34.3 Å². The van der Waals surface area contributed by atoms with Crippen LogP contribution in [0.4, 0.5) is 4.79 Å². The molecule has 0 saturated carbocycles. The van der Waals surface area contributed by atoms with Gasteiger partial charge in [0.25, 0.3) is 0 Å². The molecule has 0 aromatic heterocycles. The molecule has 0 aliphatic carbocycles. The molecular formula is C22H36ClN5O2. The molecule has 1 aromatic carbocycles. The van der Waals surface area contributed by atoms with Gasteiger partial charge in [-0.2, -0.15) is 0 Å². The van der Waals surface area contributed by atoms with E-state index in [1.54, 1.807) is 0 Å². The summed E-state index contributed by atoms with van der Waals surface area (Å²) in [6, 6.07) is 6.20. The van der Waals surface area contributed by atoms with E-state index in [9.17, 15) is 4.79 Å². The third-order valence-electron chi connectivity index (χ3n) is 5.84. The van der Waals surface area contributed by atoms with Gasteiger partial charge in [0.15, 0.2) is 0 Å². The van der Waals surface area contributed by atoms with Crippen molar-refractivity contribution in [1.29, 1.82) is 0 Å². The number of benzene rings is 1. The summed E-state index contributed by atoms with van der Waals surface area (Å²) >= 11 is 6.34. The van der Waals surface area contributed by atoms with Crippen LogP contribution in [0.2, 0.25) is 5.02 Å². The van der Waals surface area contributed by atoms with Crippen molar-refractivity contribution in [3.8, 4) is 0 Å².